The van der Waals surface area contributed by atoms with Crippen LogP contribution in [0.3, 0.4) is 0 Å². The zero-order valence-electron chi connectivity index (χ0n) is 19.1. The van der Waals surface area contributed by atoms with Crippen LogP contribution in [0.4, 0.5) is 4.79 Å². The first-order valence-corrected chi connectivity index (χ1v) is 12.3. The van der Waals surface area contributed by atoms with Gasteiger partial charge in [0.1, 0.15) is 6.61 Å². The number of methoxy groups -OCH3 is 1. The van der Waals surface area contributed by atoms with Gasteiger partial charge in [-0.2, -0.15) is 5.26 Å². The number of thioether (sulfide) groups is 1. The number of halogens is 1. The van der Waals surface area contributed by atoms with E-state index in [-0.39, 0.29) is 24.3 Å². The van der Waals surface area contributed by atoms with E-state index in [2.05, 4.69) is 22.0 Å². The summed E-state index contributed by atoms with van der Waals surface area (Å²) >= 11 is 4.45. The predicted octanol–water partition coefficient (Wildman–Crippen LogP) is 6.45. The number of amides is 2. The van der Waals surface area contributed by atoms with E-state index < -0.39 is 0 Å². The Bertz CT molecular complexity index is 1360. The average Bonchev–Trinajstić information content (AvgIpc) is 3.10. The molecule has 2 amide bonds. The summed E-state index contributed by atoms with van der Waals surface area (Å²) < 4.78 is 12.1. The number of carbonyl (C=O) groups excluding carboxylic acids is 2. The van der Waals surface area contributed by atoms with Gasteiger partial charge in [0.25, 0.3) is 11.1 Å². The third-order valence-corrected chi connectivity index (χ3v) is 6.81. The summed E-state index contributed by atoms with van der Waals surface area (Å²) in [7, 11) is 1.54. The quantitative estimate of drug-likeness (QED) is 0.315. The lowest BCUT2D eigenvalue weighted by Gasteiger charge is -2.14. The second-order valence-corrected chi connectivity index (χ2v) is 9.74. The Morgan fingerprint density at radius 1 is 1.09 bits per heavy atom. The molecule has 0 bridgehead atoms. The molecule has 0 spiro atoms. The molecular formula is C27H21BrN2O4S. The topological polar surface area (TPSA) is 79.6 Å². The van der Waals surface area contributed by atoms with Crippen LogP contribution in [0.25, 0.3) is 6.08 Å². The molecule has 1 aliphatic rings. The van der Waals surface area contributed by atoms with Gasteiger partial charge in [-0.15, -0.1) is 0 Å². The lowest BCUT2D eigenvalue weighted by atomic mass is 10.1. The molecule has 0 atom stereocenters. The van der Waals surface area contributed by atoms with Gasteiger partial charge < -0.3 is 9.47 Å². The van der Waals surface area contributed by atoms with Crippen molar-refractivity contribution in [1.82, 2.24) is 4.90 Å². The maximum Gasteiger partial charge on any atom is 0.293 e. The first-order chi connectivity index (χ1) is 16.9. The van der Waals surface area contributed by atoms with Gasteiger partial charge in [-0.25, -0.2) is 0 Å². The highest BCUT2D eigenvalue weighted by Crippen LogP contribution is 2.39. The molecule has 0 N–H and O–H groups in total. The molecule has 1 fully saturated rings. The van der Waals surface area contributed by atoms with Gasteiger partial charge in [-0.1, -0.05) is 42.0 Å². The fraction of sp³-hybridized carbons (Fsp3) is 0.148. The van der Waals surface area contributed by atoms with E-state index in [0.29, 0.717) is 32.0 Å². The molecule has 8 heteroatoms. The third-order valence-electron chi connectivity index (χ3n) is 5.31. The second kappa shape index (κ2) is 10.8. The van der Waals surface area contributed by atoms with Gasteiger partial charge in [0.2, 0.25) is 0 Å². The van der Waals surface area contributed by atoms with Crippen molar-refractivity contribution in [2.75, 3.05) is 7.11 Å². The number of imide groups is 1. The molecule has 3 aromatic carbocycles. The number of hydrogen-bond acceptors (Lipinski definition) is 6. The molecule has 0 saturated carbocycles. The SMILES string of the molecule is COc1cc(/C=C2/SC(=O)N(Cc3cccc(C)c3)C2=O)cc(Br)c1OCc1ccc(C#N)cc1. The average molecular weight is 549 g/mol. The van der Waals surface area contributed by atoms with Gasteiger partial charge in [0, 0.05) is 0 Å². The number of nitrogens with zero attached hydrogens (tertiary/aromatic N) is 2. The number of hydrogen-bond donors (Lipinski definition) is 0. The number of rotatable bonds is 7. The zero-order valence-corrected chi connectivity index (χ0v) is 21.5. The molecule has 0 aromatic heterocycles. The Kier molecular flexibility index (Phi) is 7.59. The summed E-state index contributed by atoms with van der Waals surface area (Å²) in [6.45, 7) is 2.50. The molecule has 0 aliphatic carbocycles. The highest BCUT2D eigenvalue weighted by Gasteiger charge is 2.35. The molecule has 6 nitrogen and oxygen atoms in total. The molecule has 4 rings (SSSR count). The molecule has 0 radical (unpaired) electrons. The summed E-state index contributed by atoms with van der Waals surface area (Å²) in [6.07, 6.45) is 1.68. The van der Waals surface area contributed by atoms with Crippen LogP contribution in [0.5, 0.6) is 11.5 Å². The van der Waals surface area contributed by atoms with E-state index in [1.165, 1.54) is 12.0 Å². The summed E-state index contributed by atoms with van der Waals surface area (Å²) in [5.41, 5.74) is 4.16. The monoisotopic (exact) mass is 548 g/mol. The molecule has 35 heavy (non-hydrogen) atoms. The number of benzene rings is 3. The fourth-order valence-corrected chi connectivity index (χ4v) is 4.99. The van der Waals surface area contributed by atoms with Crippen molar-refractivity contribution in [3.63, 3.8) is 0 Å². The molecule has 1 heterocycles. The van der Waals surface area contributed by atoms with Gasteiger partial charge in [0.05, 0.1) is 34.7 Å². The van der Waals surface area contributed by atoms with E-state index >= 15 is 0 Å². The van der Waals surface area contributed by atoms with Gasteiger partial charge in [-0.3, -0.25) is 14.5 Å². The van der Waals surface area contributed by atoms with E-state index in [1.807, 2.05) is 49.4 Å². The van der Waals surface area contributed by atoms with Crippen LogP contribution in [0, 0.1) is 18.3 Å². The van der Waals surface area contributed by atoms with Crippen LogP contribution in [-0.2, 0) is 17.9 Å². The van der Waals surface area contributed by atoms with Crippen LogP contribution in [0.2, 0.25) is 0 Å². The van der Waals surface area contributed by atoms with Gasteiger partial charge in [-0.05, 0) is 81.6 Å². The zero-order chi connectivity index (χ0) is 24.9. The highest BCUT2D eigenvalue weighted by molar-refractivity contribution is 9.10. The van der Waals surface area contributed by atoms with Crippen LogP contribution in [-0.4, -0.2) is 23.2 Å². The second-order valence-electron chi connectivity index (χ2n) is 7.89. The molecule has 1 aliphatic heterocycles. The Balaban J connectivity index is 1.52. The minimum Gasteiger partial charge on any atom is -0.493 e. The summed E-state index contributed by atoms with van der Waals surface area (Å²) in [5, 5.41) is 8.64. The van der Waals surface area contributed by atoms with Crippen molar-refractivity contribution < 1.29 is 19.1 Å². The van der Waals surface area contributed by atoms with Crippen LogP contribution in [0.15, 0.2) is 70.0 Å². The fourth-order valence-electron chi connectivity index (χ4n) is 3.57. The smallest absolute Gasteiger partial charge is 0.293 e. The summed E-state index contributed by atoms with van der Waals surface area (Å²) in [4.78, 5) is 27.1. The molecule has 176 valence electrons. The van der Waals surface area contributed by atoms with Crippen molar-refractivity contribution in [3.8, 4) is 17.6 Å². The molecule has 0 unspecified atom stereocenters. The molecule has 3 aromatic rings. The normalized spacial score (nSPS) is 14.3. The summed E-state index contributed by atoms with van der Waals surface area (Å²) in [6, 6.07) is 20.5. The van der Waals surface area contributed by atoms with Gasteiger partial charge in [0.15, 0.2) is 11.5 Å². The maximum atomic E-state index is 12.9. The predicted molar refractivity (Wildman–Crippen MR) is 139 cm³/mol. The largest absolute Gasteiger partial charge is 0.493 e. The van der Waals surface area contributed by atoms with Crippen LogP contribution >= 0.6 is 27.7 Å². The first-order valence-electron chi connectivity index (χ1n) is 10.7. The Morgan fingerprint density at radius 2 is 1.86 bits per heavy atom. The third kappa shape index (κ3) is 5.76. The Morgan fingerprint density at radius 3 is 2.54 bits per heavy atom. The van der Waals surface area contributed by atoms with Crippen molar-refractivity contribution >= 4 is 44.9 Å². The van der Waals surface area contributed by atoms with Crippen LogP contribution in [0.1, 0.15) is 27.8 Å². The standard InChI is InChI=1S/C27H21BrN2O4S/c1-17-4-3-5-20(10-17)15-30-26(31)24(35-27(30)32)13-21-11-22(28)25(23(12-21)33-2)34-16-19-8-6-18(14-29)7-9-19/h3-13H,15-16H2,1-2H3/b24-13+. The minimum atomic E-state index is -0.322. The van der Waals surface area contributed by atoms with Crippen molar-refractivity contribution in [3.05, 3.63) is 97.9 Å². The number of carbonyl (C=O) groups is 2. The number of nitriles is 1. The Hall–Kier alpha value is -3.54. The molecular weight excluding hydrogens is 528 g/mol. The molecule has 1 saturated heterocycles. The van der Waals surface area contributed by atoms with E-state index in [9.17, 15) is 9.59 Å². The summed E-state index contributed by atoms with van der Waals surface area (Å²) in [5.74, 6) is 0.678. The number of aryl methyl sites for hydroxylation is 1. The first kappa shape index (κ1) is 24.6. The van der Waals surface area contributed by atoms with Crippen LogP contribution < -0.4 is 9.47 Å². The van der Waals surface area contributed by atoms with Crippen molar-refractivity contribution in [2.24, 2.45) is 0 Å². The van der Waals surface area contributed by atoms with E-state index in [4.69, 9.17) is 14.7 Å². The number of ether oxygens (including phenoxy) is 2. The lowest BCUT2D eigenvalue weighted by molar-refractivity contribution is -0.123. The van der Waals surface area contributed by atoms with Crippen molar-refractivity contribution in [1.29, 1.82) is 5.26 Å². The van der Waals surface area contributed by atoms with Crippen molar-refractivity contribution in [2.45, 2.75) is 20.1 Å². The van der Waals surface area contributed by atoms with E-state index in [1.54, 1.807) is 24.3 Å². The lowest BCUT2D eigenvalue weighted by Crippen LogP contribution is -2.27. The maximum absolute atomic E-state index is 12.9. The van der Waals surface area contributed by atoms with E-state index in [0.717, 1.165) is 28.5 Å². The minimum absolute atomic E-state index is 0.235. The highest BCUT2D eigenvalue weighted by atomic mass is 79.9. The van der Waals surface area contributed by atoms with Gasteiger partial charge >= 0.3 is 0 Å². The Labute approximate surface area is 216 Å².